The Morgan fingerprint density at radius 1 is 0.960 bits per heavy atom. The molecule has 25 heavy (non-hydrogen) atoms. The summed E-state index contributed by atoms with van der Waals surface area (Å²) in [6.45, 7) is 1.54. The fourth-order valence-corrected chi connectivity index (χ4v) is 2.22. The van der Waals surface area contributed by atoms with Gasteiger partial charge in [0, 0.05) is 17.2 Å². The van der Waals surface area contributed by atoms with E-state index in [0.717, 1.165) is 5.56 Å². The zero-order valence-electron chi connectivity index (χ0n) is 14.4. The summed E-state index contributed by atoms with van der Waals surface area (Å²) in [6.07, 6.45) is 1.98. The molecule has 130 valence electrons. The van der Waals surface area contributed by atoms with Gasteiger partial charge in [-0.1, -0.05) is 18.2 Å². The SMILES string of the molecule is COc1ccc(C(=O)C(C)OC(=O)C=Cc2ccccc2OC)cc1. The van der Waals surface area contributed by atoms with Crippen LogP contribution < -0.4 is 9.47 Å². The molecule has 0 aliphatic heterocycles. The monoisotopic (exact) mass is 340 g/mol. The molecule has 1 atom stereocenters. The number of hydrogen-bond donors (Lipinski definition) is 0. The van der Waals surface area contributed by atoms with E-state index in [1.54, 1.807) is 57.6 Å². The second kappa shape index (κ2) is 8.68. The van der Waals surface area contributed by atoms with E-state index < -0.39 is 12.1 Å². The largest absolute Gasteiger partial charge is 0.497 e. The summed E-state index contributed by atoms with van der Waals surface area (Å²) in [7, 11) is 3.11. The van der Waals surface area contributed by atoms with Crippen LogP contribution in [-0.2, 0) is 9.53 Å². The number of rotatable bonds is 7. The molecule has 0 aliphatic carbocycles. The average Bonchev–Trinajstić information content (AvgIpc) is 2.66. The smallest absolute Gasteiger partial charge is 0.331 e. The first-order valence-corrected chi connectivity index (χ1v) is 7.75. The Morgan fingerprint density at radius 3 is 2.28 bits per heavy atom. The Morgan fingerprint density at radius 2 is 1.64 bits per heavy atom. The molecule has 0 saturated carbocycles. The quantitative estimate of drug-likeness (QED) is 0.438. The van der Waals surface area contributed by atoms with Crippen LogP contribution in [0.5, 0.6) is 11.5 Å². The predicted octanol–water partition coefficient (Wildman–Crippen LogP) is 3.53. The van der Waals surface area contributed by atoms with Gasteiger partial charge in [-0.2, -0.15) is 0 Å². The molecular formula is C20H20O5. The van der Waals surface area contributed by atoms with Gasteiger partial charge >= 0.3 is 5.97 Å². The van der Waals surface area contributed by atoms with Gasteiger partial charge in [0.15, 0.2) is 6.10 Å². The minimum atomic E-state index is -0.886. The molecule has 5 nitrogen and oxygen atoms in total. The Balaban J connectivity index is 1.99. The average molecular weight is 340 g/mol. The van der Waals surface area contributed by atoms with Gasteiger partial charge in [-0.25, -0.2) is 4.79 Å². The van der Waals surface area contributed by atoms with Crippen molar-refractivity contribution >= 4 is 17.8 Å². The molecule has 0 spiro atoms. The fraction of sp³-hybridized carbons (Fsp3) is 0.200. The lowest BCUT2D eigenvalue weighted by molar-refractivity contribution is -0.140. The van der Waals surface area contributed by atoms with Crippen LogP contribution in [0.1, 0.15) is 22.8 Å². The highest BCUT2D eigenvalue weighted by Crippen LogP contribution is 2.19. The zero-order chi connectivity index (χ0) is 18.2. The standard InChI is InChI=1S/C20H20O5/c1-14(20(22)16-8-11-17(23-2)12-9-16)25-19(21)13-10-15-6-4-5-7-18(15)24-3/h4-14H,1-3H3. The Kier molecular flexibility index (Phi) is 6.34. The van der Waals surface area contributed by atoms with Crippen molar-refractivity contribution in [3.63, 3.8) is 0 Å². The second-order valence-electron chi connectivity index (χ2n) is 5.25. The van der Waals surface area contributed by atoms with Crippen LogP contribution in [-0.4, -0.2) is 32.1 Å². The van der Waals surface area contributed by atoms with Gasteiger partial charge in [0.05, 0.1) is 14.2 Å². The minimum absolute atomic E-state index is 0.276. The van der Waals surface area contributed by atoms with Crippen molar-refractivity contribution in [1.29, 1.82) is 0 Å². The first-order chi connectivity index (χ1) is 12.0. The number of esters is 1. The summed E-state index contributed by atoms with van der Waals surface area (Å²) >= 11 is 0. The molecule has 0 fully saturated rings. The van der Waals surface area contributed by atoms with Gasteiger partial charge in [0.2, 0.25) is 5.78 Å². The number of benzene rings is 2. The topological polar surface area (TPSA) is 61.8 Å². The third-order valence-electron chi connectivity index (χ3n) is 3.57. The maximum Gasteiger partial charge on any atom is 0.331 e. The van der Waals surface area contributed by atoms with E-state index in [0.29, 0.717) is 17.1 Å². The van der Waals surface area contributed by atoms with Crippen molar-refractivity contribution in [2.24, 2.45) is 0 Å². The molecule has 0 saturated heterocycles. The summed E-state index contributed by atoms with van der Waals surface area (Å²) in [5.41, 5.74) is 1.20. The van der Waals surface area contributed by atoms with Crippen molar-refractivity contribution < 1.29 is 23.8 Å². The molecule has 5 heteroatoms. The van der Waals surface area contributed by atoms with Crippen molar-refractivity contribution in [1.82, 2.24) is 0 Å². The molecule has 2 aromatic carbocycles. The highest BCUT2D eigenvalue weighted by Gasteiger charge is 2.18. The molecule has 0 N–H and O–H groups in total. The minimum Gasteiger partial charge on any atom is -0.497 e. The third-order valence-corrected chi connectivity index (χ3v) is 3.57. The maximum atomic E-state index is 12.3. The Bertz CT molecular complexity index is 762. The molecule has 1 unspecified atom stereocenters. The van der Waals surface area contributed by atoms with E-state index in [1.807, 2.05) is 18.2 Å². The lowest BCUT2D eigenvalue weighted by Crippen LogP contribution is -2.23. The predicted molar refractivity (Wildman–Crippen MR) is 94.9 cm³/mol. The number of hydrogen-bond acceptors (Lipinski definition) is 5. The summed E-state index contributed by atoms with van der Waals surface area (Å²) in [4.78, 5) is 24.2. The normalized spacial score (nSPS) is 11.8. The van der Waals surface area contributed by atoms with Crippen LogP contribution in [0.15, 0.2) is 54.6 Å². The summed E-state index contributed by atoms with van der Waals surface area (Å²) in [5, 5.41) is 0. The lowest BCUT2D eigenvalue weighted by atomic mass is 10.1. The molecule has 0 amide bonds. The zero-order valence-corrected chi connectivity index (χ0v) is 14.4. The molecule has 0 bridgehead atoms. The van der Waals surface area contributed by atoms with Gasteiger partial charge in [-0.3, -0.25) is 4.79 Å². The van der Waals surface area contributed by atoms with Crippen LogP contribution in [0, 0.1) is 0 Å². The van der Waals surface area contributed by atoms with Crippen LogP contribution in [0.2, 0.25) is 0 Å². The molecular weight excluding hydrogens is 320 g/mol. The first kappa shape index (κ1) is 18.3. The second-order valence-corrected chi connectivity index (χ2v) is 5.25. The highest BCUT2D eigenvalue weighted by atomic mass is 16.5. The molecule has 0 aromatic heterocycles. The molecule has 2 aromatic rings. The van der Waals surface area contributed by atoms with Gasteiger partial charge in [0.1, 0.15) is 11.5 Å². The van der Waals surface area contributed by atoms with E-state index in [-0.39, 0.29) is 5.78 Å². The van der Waals surface area contributed by atoms with Crippen LogP contribution in [0.4, 0.5) is 0 Å². The number of carbonyl (C=O) groups excluding carboxylic acids is 2. The summed E-state index contributed by atoms with van der Waals surface area (Å²) < 4.78 is 15.4. The van der Waals surface area contributed by atoms with Crippen molar-refractivity contribution in [3.8, 4) is 11.5 Å². The van der Waals surface area contributed by atoms with Crippen LogP contribution in [0.25, 0.3) is 6.08 Å². The molecule has 0 heterocycles. The van der Waals surface area contributed by atoms with E-state index >= 15 is 0 Å². The first-order valence-electron chi connectivity index (χ1n) is 7.75. The summed E-state index contributed by atoms with van der Waals surface area (Å²) in [5.74, 6) is 0.428. The van der Waals surface area contributed by atoms with Gasteiger partial charge in [-0.15, -0.1) is 0 Å². The lowest BCUT2D eigenvalue weighted by Gasteiger charge is -2.11. The highest BCUT2D eigenvalue weighted by molar-refractivity contribution is 6.01. The maximum absolute atomic E-state index is 12.3. The van der Waals surface area contributed by atoms with Gasteiger partial charge in [-0.05, 0) is 43.3 Å². The molecule has 0 aliphatic rings. The molecule has 2 rings (SSSR count). The number of para-hydroxylation sites is 1. The Hall–Kier alpha value is -3.08. The van der Waals surface area contributed by atoms with Crippen LogP contribution in [0.3, 0.4) is 0 Å². The van der Waals surface area contributed by atoms with E-state index in [9.17, 15) is 9.59 Å². The number of ketones is 1. The van der Waals surface area contributed by atoms with Crippen molar-refractivity contribution in [2.45, 2.75) is 13.0 Å². The van der Waals surface area contributed by atoms with Crippen molar-refractivity contribution in [2.75, 3.05) is 14.2 Å². The summed E-state index contributed by atoms with van der Waals surface area (Å²) in [6, 6.07) is 13.9. The van der Waals surface area contributed by atoms with E-state index in [2.05, 4.69) is 0 Å². The van der Waals surface area contributed by atoms with E-state index in [4.69, 9.17) is 14.2 Å². The van der Waals surface area contributed by atoms with Crippen LogP contribution >= 0.6 is 0 Å². The van der Waals surface area contributed by atoms with E-state index in [1.165, 1.54) is 6.08 Å². The number of ether oxygens (including phenoxy) is 3. The number of methoxy groups -OCH3 is 2. The Labute approximate surface area is 146 Å². The van der Waals surface area contributed by atoms with Crippen molar-refractivity contribution in [3.05, 3.63) is 65.7 Å². The number of carbonyl (C=O) groups is 2. The van der Waals surface area contributed by atoms with Gasteiger partial charge < -0.3 is 14.2 Å². The fourth-order valence-electron chi connectivity index (χ4n) is 2.22. The molecule has 0 radical (unpaired) electrons. The third kappa shape index (κ3) is 4.94. The number of Topliss-reactive ketones (excluding diaryl/α,β-unsaturated/α-hetero) is 1. The van der Waals surface area contributed by atoms with Gasteiger partial charge in [0.25, 0.3) is 0 Å².